The number of benzene rings is 1. The second-order valence-electron chi connectivity index (χ2n) is 3.39. The second-order valence-corrected chi connectivity index (χ2v) is 6.88. The van der Waals surface area contributed by atoms with E-state index >= 15 is 0 Å². The Hall–Kier alpha value is -0.100. The van der Waals surface area contributed by atoms with Crippen LogP contribution in [0.4, 0.5) is 0 Å². The Morgan fingerprint density at radius 3 is 2.38 bits per heavy atom. The van der Waals surface area contributed by atoms with Gasteiger partial charge in [0.05, 0.1) is 5.75 Å². The molecule has 1 rings (SSSR count). The molecule has 90 valence electrons. The summed E-state index contributed by atoms with van der Waals surface area (Å²) in [5.74, 6) is 0.0919. The van der Waals surface area contributed by atoms with Gasteiger partial charge in [-0.15, -0.1) is 11.6 Å². The topological polar surface area (TPSA) is 37.4 Å². The molecule has 0 N–H and O–H groups in total. The van der Waals surface area contributed by atoms with E-state index < -0.39 is 10.0 Å². The molecule has 0 saturated heterocycles. The van der Waals surface area contributed by atoms with E-state index in [9.17, 15) is 8.42 Å². The third-order valence-corrected chi connectivity index (χ3v) is 4.87. The van der Waals surface area contributed by atoms with Crippen molar-refractivity contribution in [2.75, 3.05) is 18.7 Å². The number of alkyl halides is 1. The van der Waals surface area contributed by atoms with Gasteiger partial charge in [0.25, 0.3) is 0 Å². The van der Waals surface area contributed by atoms with E-state index in [0.29, 0.717) is 6.54 Å². The highest BCUT2D eigenvalue weighted by Gasteiger charge is 2.16. The molecule has 6 heteroatoms. The van der Waals surface area contributed by atoms with Crippen molar-refractivity contribution in [3.05, 3.63) is 34.3 Å². The molecule has 0 aliphatic carbocycles. The molecule has 16 heavy (non-hydrogen) atoms. The first kappa shape index (κ1) is 14.0. The summed E-state index contributed by atoms with van der Waals surface area (Å²) in [6.07, 6.45) is 0. The van der Waals surface area contributed by atoms with Crippen molar-refractivity contribution in [3.63, 3.8) is 0 Å². The molecule has 0 fully saturated rings. The fraction of sp³-hybridized carbons (Fsp3) is 0.400. The van der Waals surface area contributed by atoms with Crippen molar-refractivity contribution < 1.29 is 8.42 Å². The minimum atomic E-state index is -3.23. The number of sulfonamides is 1. The fourth-order valence-corrected chi connectivity index (χ4v) is 2.90. The fourth-order valence-electron chi connectivity index (χ4n) is 1.20. The monoisotopic (exact) mass is 325 g/mol. The van der Waals surface area contributed by atoms with Crippen LogP contribution in [-0.4, -0.2) is 31.4 Å². The first-order valence-corrected chi connectivity index (χ1v) is 7.64. The quantitative estimate of drug-likeness (QED) is 0.780. The maximum Gasteiger partial charge on any atom is 0.215 e. The van der Waals surface area contributed by atoms with Crippen LogP contribution >= 0.6 is 27.5 Å². The number of hydrogen-bond donors (Lipinski definition) is 0. The van der Waals surface area contributed by atoms with Gasteiger partial charge in [0, 0.05) is 23.9 Å². The van der Waals surface area contributed by atoms with Gasteiger partial charge in [-0.3, -0.25) is 0 Å². The summed E-state index contributed by atoms with van der Waals surface area (Å²) in [6, 6.07) is 7.54. The molecule has 0 atom stereocenters. The Balaban J connectivity index is 2.71. The average molecular weight is 327 g/mol. The number of halogens is 2. The van der Waals surface area contributed by atoms with Gasteiger partial charge in [0.15, 0.2) is 0 Å². The van der Waals surface area contributed by atoms with Crippen LogP contribution in [0.1, 0.15) is 5.56 Å². The summed E-state index contributed by atoms with van der Waals surface area (Å²) in [5, 5.41) is 0. The van der Waals surface area contributed by atoms with Gasteiger partial charge in [-0.25, -0.2) is 12.7 Å². The Morgan fingerprint density at radius 2 is 1.88 bits per heavy atom. The lowest BCUT2D eigenvalue weighted by Crippen LogP contribution is -2.29. The summed E-state index contributed by atoms with van der Waals surface area (Å²) in [7, 11) is -1.67. The molecule has 0 unspecified atom stereocenters. The zero-order chi connectivity index (χ0) is 12.2. The molecule has 0 amide bonds. The van der Waals surface area contributed by atoms with Crippen molar-refractivity contribution in [3.8, 4) is 0 Å². The van der Waals surface area contributed by atoms with Gasteiger partial charge in [-0.2, -0.15) is 0 Å². The van der Waals surface area contributed by atoms with Crippen LogP contribution in [-0.2, 0) is 16.6 Å². The predicted octanol–water partition coefficient (Wildman–Crippen LogP) is 2.45. The molecule has 0 heterocycles. The van der Waals surface area contributed by atoms with E-state index in [2.05, 4.69) is 15.9 Å². The van der Waals surface area contributed by atoms with Gasteiger partial charge >= 0.3 is 0 Å². The van der Waals surface area contributed by atoms with Gasteiger partial charge in [-0.1, -0.05) is 28.1 Å². The first-order chi connectivity index (χ1) is 7.45. The molecule has 0 saturated carbocycles. The van der Waals surface area contributed by atoms with E-state index in [1.807, 2.05) is 24.3 Å². The number of rotatable bonds is 5. The zero-order valence-corrected chi connectivity index (χ0v) is 12.0. The van der Waals surface area contributed by atoms with Crippen molar-refractivity contribution in [1.29, 1.82) is 0 Å². The Bertz CT molecular complexity index is 433. The van der Waals surface area contributed by atoms with E-state index in [1.165, 1.54) is 4.31 Å². The minimum Gasteiger partial charge on any atom is -0.212 e. The Morgan fingerprint density at radius 1 is 1.31 bits per heavy atom. The lowest BCUT2D eigenvalue weighted by Gasteiger charge is -2.16. The summed E-state index contributed by atoms with van der Waals surface area (Å²) >= 11 is 8.77. The van der Waals surface area contributed by atoms with Crippen molar-refractivity contribution in [2.24, 2.45) is 0 Å². The largest absolute Gasteiger partial charge is 0.215 e. The van der Waals surface area contributed by atoms with E-state index in [-0.39, 0.29) is 11.6 Å². The van der Waals surface area contributed by atoms with Crippen LogP contribution < -0.4 is 0 Å². The van der Waals surface area contributed by atoms with Crippen molar-refractivity contribution in [2.45, 2.75) is 6.54 Å². The van der Waals surface area contributed by atoms with E-state index in [0.717, 1.165) is 10.0 Å². The van der Waals surface area contributed by atoms with Gasteiger partial charge < -0.3 is 0 Å². The summed E-state index contributed by atoms with van der Waals surface area (Å²) in [4.78, 5) is 0. The highest BCUT2D eigenvalue weighted by molar-refractivity contribution is 9.10. The van der Waals surface area contributed by atoms with Gasteiger partial charge in [0.1, 0.15) is 0 Å². The SMILES string of the molecule is CN(Cc1ccc(Br)cc1)S(=O)(=O)CCCl. The normalized spacial score (nSPS) is 12.0. The smallest absolute Gasteiger partial charge is 0.212 e. The third kappa shape index (κ3) is 4.05. The number of hydrogen-bond acceptors (Lipinski definition) is 2. The van der Waals surface area contributed by atoms with E-state index in [1.54, 1.807) is 7.05 Å². The lowest BCUT2D eigenvalue weighted by molar-refractivity contribution is 0.468. The predicted molar refractivity (Wildman–Crippen MR) is 70.1 cm³/mol. The van der Waals surface area contributed by atoms with Crippen LogP contribution in [0.5, 0.6) is 0 Å². The third-order valence-electron chi connectivity index (χ3n) is 2.13. The molecule has 1 aromatic carbocycles. The maximum atomic E-state index is 11.6. The molecule has 1 aromatic rings. The average Bonchev–Trinajstić information content (AvgIpc) is 2.21. The van der Waals surface area contributed by atoms with Crippen LogP contribution in [0.2, 0.25) is 0 Å². The van der Waals surface area contributed by atoms with Crippen LogP contribution in [0.3, 0.4) is 0 Å². The van der Waals surface area contributed by atoms with Crippen LogP contribution in [0.15, 0.2) is 28.7 Å². The molecule has 0 aliphatic rings. The van der Waals surface area contributed by atoms with Gasteiger partial charge in [0.2, 0.25) is 10.0 Å². The molecule has 0 aromatic heterocycles. The molecule has 0 radical (unpaired) electrons. The Labute approximate surface area is 110 Å². The molecule has 0 aliphatic heterocycles. The highest BCUT2D eigenvalue weighted by Crippen LogP contribution is 2.13. The highest BCUT2D eigenvalue weighted by atomic mass is 79.9. The van der Waals surface area contributed by atoms with Gasteiger partial charge in [-0.05, 0) is 17.7 Å². The maximum absolute atomic E-state index is 11.6. The first-order valence-electron chi connectivity index (χ1n) is 4.70. The van der Waals surface area contributed by atoms with Crippen molar-refractivity contribution in [1.82, 2.24) is 4.31 Å². The van der Waals surface area contributed by atoms with E-state index in [4.69, 9.17) is 11.6 Å². The summed E-state index contributed by atoms with van der Waals surface area (Å²) < 4.78 is 25.6. The van der Waals surface area contributed by atoms with Crippen molar-refractivity contribution >= 4 is 37.6 Å². The summed E-state index contributed by atoms with van der Waals surface area (Å²) in [6.45, 7) is 0.368. The second kappa shape index (κ2) is 6.00. The molecule has 0 spiro atoms. The summed E-state index contributed by atoms with van der Waals surface area (Å²) in [5.41, 5.74) is 0.948. The Kier molecular flexibility index (Phi) is 5.24. The van der Waals surface area contributed by atoms with Crippen LogP contribution in [0.25, 0.3) is 0 Å². The zero-order valence-electron chi connectivity index (χ0n) is 8.86. The minimum absolute atomic E-state index is 0.0262. The van der Waals surface area contributed by atoms with Crippen LogP contribution in [0, 0.1) is 0 Å². The molecule has 0 bridgehead atoms. The lowest BCUT2D eigenvalue weighted by atomic mass is 10.2. The standard InChI is InChI=1S/C10H13BrClNO2S/c1-13(16(14,15)7-6-12)8-9-2-4-10(11)5-3-9/h2-5H,6-8H2,1H3. The molecule has 3 nitrogen and oxygen atoms in total. The number of nitrogens with zero attached hydrogens (tertiary/aromatic N) is 1. The molecular weight excluding hydrogens is 314 g/mol. The molecular formula is C10H13BrClNO2S.